The van der Waals surface area contributed by atoms with E-state index in [-0.39, 0.29) is 17.9 Å². The summed E-state index contributed by atoms with van der Waals surface area (Å²) in [7, 11) is 0. The predicted molar refractivity (Wildman–Crippen MR) is 108 cm³/mol. The van der Waals surface area contributed by atoms with E-state index in [0.29, 0.717) is 0 Å². The van der Waals surface area contributed by atoms with Gasteiger partial charge in [-0.1, -0.05) is 30.4 Å². The Morgan fingerprint density at radius 1 is 0.688 bits per heavy atom. The first-order chi connectivity index (χ1) is 15.1. The molecular weight excluding hydrogens is 424 g/mol. The number of hydrogen-bond acceptors (Lipinski definition) is 6. The Labute approximate surface area is 180 Å². The van der Waals surface area contributed by atoms with Crippen LogP contribution in [-0.2, 0) is 0 Å². The minimum Gasteiger partial charge on any atom is -0.478 e. The second-order valence-corrected chi connectivity index (χ2v) is 6.59. The molecular formula is C22H16O10. The molecule has 10 heteroatoms. The van der Waals surface area contributed by atoms with Gasteiger partial charge in [0.05, 0.1) is 11.1 Å². The molecule has 0 saturated carbocycles. The Kier molecular flexibility index (Phi) is 5.97. The normalized spacial score (nSPS) is 13.9. The molecule has 0 saturated heterocycles. The molecule has 164 valence electrons. The van der Waals surface area contributed by atoms with Crippen molar-refractivity contribution in [2.45, 2.75) is 12.2 Å². The predicted octanol–water partition coefficient (Wildman–Crippen LogP) is 3.15. The highest BCUT2D eigenvalue weighted by Gasteiger charge is 2.36. The molecule has 0 bridgehead atoms. The summed E-state index contributed by atoms with van der Waals surface area (Å²) < 4.78 is 11.6. The van der Waals surface area contributed by atoms with Crippen LogP contribution in [0, 0.1) is 0 Å². The van der Waals surface area contributed by atoms with Gasteiger partial charge in [0.2, 0.25) is 0 Å². The molecule has 0 aliphatic heterocycles. The van der Waals surface area contributed by atoms with Crippen molar-refractivity contribution >= 4 is 23.9 Å². The number of carboxylic acids is 4. The molecule has 0 fully saturated rings. The maximum atomic E-state index is 11.8. The summed E-state index contributed by atoms with van der Waals surface area (Å²) in [6.45, 7) is 0. The molecule has 1 aliphatic carbocycles. The molecule has 1 aliphatic rings. The minimum absolute atomic E-state index is 0.0176. The molecule has 10 nitrogen and oxygen atoms in total. The average molecular weight is 440 g/mol. The molecule has 0 spiro atoms. The van der Waals surface area contributed by atoms with Crippen molar-refractivity contribution in [3.05, 3.63) is 83.0 Å². The fourth-order valence-electron chi connectivity index (χ4n) is 3.16. The molecule has 32 heavy (non-hydrogen) atoms. The molecule has 0 heterocycles. The number of benzene rings is 2. The second-order valence-electron chi connectivity index (χ2n) is 6.59. The Bertz CT molecular complexity index is 1100. The Morgan fingerprint density at radius 2 is 1.16 bits per heavy atom. The highest BCUT2D eigenvalue weighted by Crippen LogP contribution is 2.35. The zero-order chi connectivity index (χ0) is 23.5. The fraction of sp³-hybridized carbons (Fsp3) is 0.0909. The van der Waals surface area contributed by atoms with Crippen LogP contribution < -0.4 is 9.47 Å². The number of carbonyl (C=O) groups is 4. The van der Waals surface area contributed by atoms with Crippen LogP contribution in [-0.4, -0.2) is 50.1 Å². The van der Waals surface area contributed by atoms with Crippen molar-refractivity contribution in [2.75, 3.05) is 0 Å². The average Bonchev–Trinajstić information content (AvgIpc) is 2.73. The third-order valence-corrected chi connectivity index (χ3v) is 4.51. The standard InChI is InChI=1S/C22H16O10/c23-18(24)12-6-4-8-14(16(12)20(27)28)31-22(10-2-1-3-11-22)32-15-9-5-7-13(19(25)26)17(15)21(29)30/h1-10H,11H2,(H,23,24)(H,25,26)(H,27,28)(H,29,30). The molecule has 0 atom stereocenters. The SMILES string of the molecule is O=C(O)c1cccc(OC2(Oc3cccc(C(=O)O)c3C(=O)O)C=CC=CC2)c1C(=O)O. The van der Waals surface area contributed by atoms with E-state index in [1.165, 1.54) is 36.4 Å². The number of aromatic carboxylic acids is 4. The molecule has 0 unspecified atom stereocenters. The van der Waals surface area contributed by atoms with Gasteiger partial charge in [0, 0.05) is 6.42 Å². The van der Waals surface area contributed by atoms with Gasteiger partial charge in [-0.05, 0) is 30.3 Å². The quantitative estimate of drug-likeness (QED) is 0.448. The van der Waals surface area contributed by atoms with E-state index in [0.717, 1.165) is 12.1 Å². The summed E-state index contributed by atoms with van der Waals surface area (Å²) in [4.78, 5) is 46.4. The third-order valence-electron chi connectivity index (χ3n) is 4.51. The molecule has 2 aromatic rings. The summed E-state index contributed by atoms with van der Waals surface area (Å²) in [5, 5.41) is 37.8. The van der Waals surface area contributed by atoms with Gasteiger partial charge < -0.3 is 29.9 Å². The summed E-state index contributed by atoms with van der Waals surface area (Å²) in [6.07, 6.45) is 6.11. The number of rotatable bonds is 8. The van der Waals surface area contributed by atoms with Gasteiger partial charge >= 0.3 is 23.9 Å². The van der Waals surface area contributed by atoms with Crippen molar-refractivity contribution in [1.29, 1.82) is 0 Å². The van der Waals surface area contributed by atoms with Crippen molar-refractivity contribution in [2.24, 2.45) is 0 Å². The number of hydrogen-bond donors (Lipinski definition) is 4. The first kappa shape index (κ1) is 22.1. The van der Waals surface area contributed by atoms with E-state index in [4.69, 9.17) is 9.47 Å². The zero-order valence-electron chi connectivity index (χ0n) is 16.2. The largest absolute Gasteiger partial charge is 0.478 e. The van der Waals surface area contributed by atoms with Crippen LogP contribution in [0.25, 0.3) is 0 Å². The van der Waals surface area contributed by atoms with Gasteiger partial charge in [-0.15, -0.1) is 0 Å². The molecule has 0 radical (unpaired) electrons. The number of allylic oxidation sites excluding steroid dienone is 2. The van der Waals surface area contributed by atoms with Gasteiger partial charge in [-0.25, -0.2) is 19.2 Å². The Morgan fingerprint density at radius 3 is 1.50 bits per heavy atom. The first-order valence-electron chi connectivity index (χ1n) is 9.07. The van der Waals surface area contributed by atoms with Crippen LogP contribution in [0.5, 0.6) is 11.5 Å². The van der Waals surface area contributed by atoms with Crippen LogP contribution in [0.2, 0.25) is 0 Å². The first-order valence-corrected chi connectivity index (χ1v) is 9.07. The summed E-state index contributed by atoms with van der Waals surface area (Å²) >= 11 is 0. The maximum Gasteiger partial charge on any atom is 0.340 e. The van der Waals surface area contributed by atoms with Crippen molar-refractivity contribution in [3.8, 4) is 11.5 Å². The lowest BCUT2D eigenvalue weighted by Crippen LogP contribution is -2.41. The van der Waals surface area contributed by atoms with E-state index in [1.807, 2.05) is 0 Å². The van der Waals surface area contributed by atoms with Crippen LogP contribution in [0.1, 0.15) is 47.9 Å². The summed E-state index contributed by atoms with van der Waals surface area (Å²) in [6, 6.07) is 7.24. The van der Waals surface area contributed by atoms with Crippen molar-refractivity contribution in [1.82, 2.24) is 0 Å². The summed E-state index contributed by atoms with van der Waals surface area (Å²) in [5.41, 5.74) is -2.27. The lowest BCUT2D eigenvalue weighted by Gasteiger charge is -2.33. The molecule has 0 amide bonds. The van der Waals surface area contributed by atoms with E-state index in [1.54, 1.807) is 12.2 Å². The number of carboxylic acid groups (broad SMARTS) is 4. The van der Waals surface area contributed by atoms with Crippen molar-refractivity contribution in [3.63, 3.8) is 0 Å². The zero-order valence-corrected chi connectivity index (χ0v) is 16.2. The Hall–Kier alpha value is -4.60. The molecule has 4 N–H and O–H groups in total. The van der Waals surface area contributed by atoms with E-state index in [9.17, 15) is 39.6 Å². The fourth-order valence-corrected chi connectivity index (χ4v) is 3.16. The topological polar surface area (TPSA) is 168 Å². The van der Waals surface area contributed by atoms with Crippen LogP contribution >= 0.6 is 0 Å². The van der Waals surface area contributed by atoms with Crippen LogP contribution in [0.15, 0.2) is 60.7 Å². The third kappa shape index (κ3) is 4.29. The van der Waals surface area contributed by atoms with Gasteiger partial charge in [0.15, 0.2) is 0 Å². The highest BCUT2D eigenvalue weighted by atomic mass is 16.7. The van der Waals surface area contributed by atoms with E-state index < -0.39 is 51.9 Å². The number of ether oxygens (including phenoxy) is 2. The highest BCUT2D eigenvalue weighted by molar-refractivity contribution is 6.04. The van der Waals surface area contributed by atoms with Gasteiger partial charge in [0.1, 0.15) is 22.6 Å². The maximum absolute atomic E-state index is 11.8. The van der Waals surface area contributed by atoms with Crippen LogP contribution in [0.3, 0.4) is 0 Å². The van der Waals surface area contributed by atoms with E-state index in [2.05, 4.69) is 0 Å². The van der Waals surface area contributed by atoms with E-state index >= 15 is 0 Å². The lowest BCUT2D eigenvalue weighted by molar-refractivity contribution is -0.0697. The smallest absolute Gasteiger partial charge is 0.340 e. The van der Waals surface area contributed by atoms with Crippen molar-refractivity contribution < 1.29 is 49.1 Å². The van der Waals surface area contributed by atoms with Gasteiger partial charge in [-0.3, -0.25) is 0 Å². The Balaban J connectivity index is 2.12. The molecule has 2 aromatic carbocycles. The minimum atomic E-state index is -1.78. The van der Waals surface area contributed by atoms with Gasteiger partial charge in [0.25, 0.3) is 5.79 Å². The lowest BCUT2D eigenvalue weighted by atomic mass is 10.0. The van der Waals surface area contributed by atoms with Crippen LogP contribution in [0.4, 0.5) is 0 Å². The van der Waals surface area contributed by atoms with Gasteiger partial charge in [-0.2, -0.15) is 0 Å². The summed E-state index contributed by atoms with van der Waals surface area (Å²) in [5.74, 6) is -8.51. The molecule has 0 aromatic heterocycles. The second kappa shape index (κ2) is 8.64. The monoisotopic (exact) mass is 440 g/mol. The molecule has 3 rings (SSSR count).